The van der Waals surface area contributed by atoms with Crippen LogP contribution in [0.5, 0.6) is 0 Å². The van der Waals surface area contributed by atoms with Crippen LogP contribution in [0.4, 0.5) is 0 Å². The van der Waals surface area contributed by atoms with E-state index in [9.17, 15) is 5.26 Å². The fraction of sp³-hybridized carbons (Fsp3) is 0.923. The Labute approximate surface area is 99.8 Å². The summed E-state index contributed by atoms with van der Waals surface area (Å²) in [6.07, 6.45) is 3.44. The Morgan fingerprint density at radius 2 is 2.12 bits per heavy atom. The first kappa shape index (κ1) is 13.5. The van der Waals surface area contributed by atoms with Crippen molar-refractivity contribution in [3.8, 4) is 6.07 Å². The second-order valence-electron chi connectivity index (χ2n) is 5.47. The van der Waals surface area contributed by atoms with E-state index in [0.29, 0.717) is 11.8 Å². The van der Waals surface area contributed by atoms with Gasteiger partial charge in [0.1, 0.15) is 5.54 Å². The van der Waals surface area contributed by atoms with Gasteiger partial charge in [-0.15, -0.1) is 0 Å². The summed E-state index contributed by atoms with van der Waals surface area (Å²) < 4.78 is 0. The molecule has 0 saturated heterocycles. The second kappa shape index (κ2) is 5.65. The molecule has 0 bridgehead atoms. The first-order valence-electron chi connectivity index (χ1n) is 6.33. The first-order chi connectivity index (χ1) is 7.52. The van der Waals surface area contributed by atoms with E-state index in [1.807, 2.05) is 0 Å². The zero-order valence-electron chi connectivity index (χ0n) is 11.1. The highest BCUT2D eigenvalue weighted by atomic mass is 15.1. The van der Waals surface area contributed by atoms with E-state index in [1.165, 1.54) is 12.8 Å². The molecule has 3 heteroatoms. The van der Waals surface area contributed by atoms with Gasteiger partial charge in [-0.05, 0) is 32.4 Å². The lowest BCUT2D eigenvalue weighted by Gasteiger charge is -2.41. The van der Waals surface area contributed by atoms with Crippen LogP contribution in [-0.2, 0) is 0 Å². The van der Waals surface area contributed by atoms with Gasteiger partial charge in [0.15, 0.2) is 0 Å². The van der Waals surface area contributed by atoms with Gasteiger partial charge in [0, 0.05) is 13.1 Å². The molecule has 92 valence electrons. The fourth-order valence-electron chi connectivity index (χ4n) is 2.62. The molecule has 3 atom stereocenters. The minimum Gasteiger partial charge on any atom is -0.308 e. The molecule has 0 spiro atoms. The smallest absolute Gasteiger partial charge is 0.109 e. The molecule has 1 aliphatic carbocycles. The summed E-state index contributed by atoms with van der Waals surface area (Å²) in [4.78, 5) is 2.15. The molecule has 1 N–H and O–H groups in total. The van der Waals surface area contributed by atoms with Gasteiger partial charge in [-0.1, -0.05) is 26.7 Å². The number of hydrogen-bond acceptors (Lipinski definition) is 3. The number of rotatable bonds is 4. The number of hydrogen-bond donors (Lipinski definition) is 1. The highest BCUT2D eigenvalue weighted by Crippen LogP contribution is 2.37. The van der Waals surface area contributed by atoms with Crippen LogP contribution in [0.1, 0.15) is 33.1 Å². The van der Waals surface area contributed by atoms with Crippen molar-refractivity contribution in [1.29, 1.82) is 5.26 Å². The molecule has 0 amide bonds. The summed E-state index contributed by atoms with van der Waals surface area (Å²) >= 11 is 0. The van der Waals surface area contributed by atoms with Gasteiger partial charge in [0.05, 0.1) is 6.07 Å². The molecule has 1 rings (SSSR count). The fourth-order valence-corrected chi connectivity index (χ4v) is 2.62. The van der Waals surface area contributed by atoms with Gasteiger partial charge in [-0.3, -0.25) is 5.32 Å². The van der Waals surface area contributed by atoms with Crippen LogP contribution >= 0.6 is 0 Å². The first-order valence-corrected chi connectivity index (χ1v) is 6.33. The summed E-state index contributed by atoms with van der Waals surface area (Å²) in [5.74, 6) is 1.11. The van der Waals surface area contributed by atoms with Crippen molar-refractivity contribution >= 4 is 0 Å². The van der Waals surface area contributed by atoms with Crippen LogP contribution in [0.2, 0.25) is 0 Å². The summed E-state index contributed by atoms with van der Waals surface area (Å²) in [5, 5.41) is 13.0. The molecule has 0 aromatic carbocycles. The minimum atomic E-state index is -0.284. The van der Waals surface area contributed by atoms with Crippen LogP contribution in [-0.4, -0.2) is 37.6 Å². The summed E-state index contributed by atoms with van der Waals surface area (Å²) in [6, 6.07) is 2.54. The van der Waals surface area contributed by atoms with Crippen LogP contribution in [0.3, 0.4) is 0 Å². The van der Waals surface area contributed by atoms with Gasteiger partial charge in [0.2, 0.25) is 0 Å². The van der Waals surface area contributed by atoms with E-state index >= 15 is 0 Å². The third kappa shape index (κ3) is 2.96. The van der Waals surface area contributed by atoms with Gasteiger partial charge < -0.3 is 4.90 Å². The molecule has 1 saturated carbocycles. The SMILES string of the molecule is CC1CCCC(C#N)(NCCN(C)C)C1C. The van der Waals surface area contributed by atoms with E-state index in [4.69, 9.17) is 0 Å². The molecule has 16 heavy (non-hydrogen) atoms. The summed E-state index contributed by atoms with van der Waals surface area (Å²) in [5.41, 5.74) is -0.284. The second-order valence-corrected chi connectivity index (χ2v) is 5.47. The van der Waals surface area contributed by atoms with Gasteiger partial charge in [-0.25, -0.2) is 0 Å². The van der Waals surface area contributed by atoms with Gasteiger partial charge in [0.25, 0.3) is 0 Å². The molecular formula is C13H25N3. The third-order valence-corrected chi connectivity index (χ3v) is 4.06. The molecule has 0 radical (unpaired) electrons. The topological polar surface area (TPSA) is 39.1 Å². The molecule has 1 fully saturated rings. The van der Waals surface area contributed by atoms with Crippen molar-refractivity contribution in [2.75, 3.05) is 27.2 Å². The number of likely N-dealkylation sites (N-methyl/N-ethyl adjacent to an activating group) is 1. The van der Waals surface area contributed by atoms with Crippen molar-refractivity contribution < 1.29 is 0 Å². The average Bonchev–Trinajstić information content (AvgIpc) is 2.24. The molecular weight excluding hydrogens is 198 g/mol. The standard InChI is InChI=1S/C13H25N3/c1-11-6-5-7-13(10-14,12(11)2)15-8-9-16(3)4/h11-12,15H,5-9H2,1-4H3. The predicted molar refractivity (Wildman–Crippen MR) is 67.1 cm³/mol. The van der Waals surface area contributed by atoms with E-state index in [0.717, 1.165) is 19.5 Å². The molecule has 1 aliphatic rings. The highest BCUT2D eigenvalue weighted by Gasteiger charge is 2.41. The Morgan fingerprint density at radius 1 is 1.44 bits per heavy atom. The maximum absolute atomic E-state index is 9.47. The normalized spacial score (nSPS) is 35.0. The maximum atomic E-state index is 9.47. The lowest BCUT2D eigenvalue weighted by Crippen LogP contribution is -2.54. The lowest BCUT2D eigenvalue weighted by molar-refractivity contribution is 0.150. The third-order valence-electron chi connectivity index (χ3n) is 4.06. The molecule has 0 aromatic rings. The average molecular weight is 223 g/mol. The van der Waals surface area contributed by atoms with Crippen molar-refractivity contribution in [3.63, 3.8) is 0 Å². The number of nitrogens with one attached hydrogen (secondary N) is 1. The van der Waals surface area contributed by atoms with Crippen molar-refractivity contribution in [1.82, 2.24) is 10.2 Å². The van der Waals surface area contributed by atoms with Crippen LogP contribution in [0.15, 0.2) is 0 Å². The van der Waals surface area contributed by atoms with E-state index in [-0.39, 0.29) is 5.54 Å². The van der Waals surface area contributed by atoms with Crippen molar-refractivity contribution in [3.05, 3.63) is 0 Å². The largest absolute Gasteiger partial charge is 0.308 e. The Kier molecular flexibility index (Phi) is 4.76. The monoisotopic (exact) mass is 223 g/mol. The molecule has 0 heterocycles. The van der Waals surface area contributed by atoms with E-state index < -0.39 is 0 Å². The van der Waals surface area contributed by atoms with E-state index in [2.05, 4.69) is 44.2 Å². The van der Waals surface area contributed by atoms with Gasteiger partial charge >= 0.3 is 0 Å². The highest BCUT2D eigenvalue weighted by molar-refractivity contribution is 5.12. The molecule has 3 unspecified atom stereocenters. The van der Waals surface area contributed by atoms with Crippen LogP contribution in [0.25, 0.3) is 0 Å². The van der Waals surface area contributed by atoms with Crippen LogP contribution in [0, 0.1) is 23.2 Å². The van der Waals surface area contributed by atoms with Crippen molar-refractivity contribution in [2.24, 2.45) is 11.8 Å². The molecule has 3 nitrogen and oxygen atoms in total. The molecule has 0 aromatic heterocycles. The number of nitrogens with zero attached hydrogens (tertiary/aromatic N) is 2. The Bertz CT molecular complexity index is 256. The molecule has 0 aliphatic heterocycles. The van der Waals surface area contributed by atoms with Crippen molar-refractivity contribution in [2.45, 2.75) is 38.6 Å². The lowest BCUT2D eigenvalue weighted by atomic mass is 9.69. The quantitative estimate of drug-likeness (QED) is 0.790. The zero-order chi connectivity index (χ0) is 12.2. The Hall–Kier alpha value is -0.590. The maximum Gasteiger partial charge on any atom is 0.109 e. The Morgan fingerprint density at radius 3 is 2.69 bits per heavy atom. The summed E-state index contributed by atoms with van der Waals surface area (Å²) in [6.45, 7) is 6.38. The number of nitriles is 1. The van der Waals surface area contributed by atoms with E-state index in [1.54, 1.807) is 0 Å². The predicted octanol–water partition coefficient (Wildman–Crippen LogP) is 1.86. The zero-order valence-corrected chi connectivity index (χ0v) is 11.1. The Balaban J connectivity index is 2.58. The minimum absolute atomic E-state index is 0.284. The van der Waals surface area contributed by atoms with Gasteiger partial charge in [-0.2, -0.15) is 5.26 Å². The summed E-state index contributed by atoms with van der Waals surface area (Å²) in [7, 11) is 4.13. The van der Waals surface area contributed by atoms with Crippen LogP contribution < -0.4 is 5.32 Å².